The van der Waals surface area contributed by atoms with Gasteiger partial charge in [0, 0.05) is 23.3 Å². The molecule has 0 saturated carbocycles. The molecule has 27 heavy (non-hydrogen) atoms. The monoisotopic (exact) mass is 359 g/mol. The third-order valence-corrected chi connectivity index (χ3v) is 4.60. The summed E-state index contributed by atoms with van der Waals surface area (Å²) in [5.74, 6) is 1.46. The Balaban J connectivity index is 1.74. The van der Waals surface area contributed by atoms with Crippen molar-refractivity contribution in [1.82, 2.24) is 0 Å². The molecule has 4 nitrogen and oxygen atoms in total. The maximum atomic E-state index is 5.48. The molecule has 4 heteroatoms. The summed E-state index contributed by atoms with van der Waals surface area (Å²) in [6, 6.07) is 24.6. The second kappa shape index (κ2) is 7.46. The van der Waals surface area contributed by atoms with Crippen molar-refractivity contribution in [2.75, 3.05) is 19.1 Å². The zero-order chi connectivity index (χ0) is 18.6. The van der Waals surface area contributed by atoms with Crippen LogP contribution in [0.2, 0.25) is 0 Å². The maximum absolute atomic E-state index is 5.48. The normalized spacial score (nSPS) is 10.7. The zero-order valence-electron chi connectivity index (χ0n) is 15.4. The molecule has 0 radical (unpaired) electrons. The van der Waals surface area contributed by atoms with Crippen LogP contribution in [0.15, 0.2) is 83.5 Å². The van der Waals surface area contributed by atoms with E-state index in [9.17, 15) is 0 Å². The molecule has 4 rings (SSSR count). The minimum Gasteiger partial charge on any atom is -0.493 e. The van der Waals surface area contributed by atoms with Gasteiger partial charge in [-0.15, -0.1) is 0 Å². The van der Waals surface area contributed by atoms with E-state index in [1.807, 2.05) is 42.5 Å². The van der Waals surface area contributed by atoms with Gasteiger partial charge in [-0.2, -0.15) is 0 Å². The Bertz CT molecular complexity index is 1040. The van der Waals surface area contributed by atoms with Crippen LogP contribution in [-0.2, 0) is 6.54 Å². The van der Waals surface area contributed by atoms with Gasteiger partial charge in [0.05, 0.1) is 20.5 Å². The molecule has 0 bridgehead atoms. The fourth-order valence-electron chi connectivity index (χ4n) is 3.22. The smallest absolute Gasteiger partial charge is 0.161 e. The summed E-state index contributed by atoms with van der Waals surface area (Å²) in [6.45, 7) is 0.702. The van der Waals surface area contributed by atoms with Crippen LogP contribution in [0, 0.1) is 0 Å². The van der Waals surface area contributed by atoms with E-state index >= 15 is 0 Å². The first-order valence-corrected chi connectivity index (χ1v) is 8.79. The van der Waals surface area contributed by atoms with Crippen LogP contribution in [0.1, 0.15) is 5.56 Å². The van der Waals surface area contributed by atoms with Gasteiger partial charge in [-0.1, -0.05) is 24.3 Å². The Hall–Kier alpha value is -3.40. The average Bonchev–Trinajstić information content (AvgIpc) is 3.20. The van der Waals surface area contributed by atoms with Crippen LogP contribution >= 0.6 is 0 Å². The lowest BCUT2D eigenvalue weighted by Gasteiger charge is -2.25. The third-order valence-electron chi connectivity index (χ3n) is 4.60. The first-order chi connectivity index (χ1) is 13.3. The van der Waals surface area contributed by atoms with Gasteiger partial charge in [0.15, 0.2) is 11.5 Å². The van der Waals surface area contributed by atoms with Gasteiger partial charge in [-0.05, 0) is 54.1 Å². The first kappa shape index (κ1) is 17.0. The summed E-state index contributed by atoms with van der Waals surface area (Å²) in [7, 11) is 3.30. The minimum atomic E-state index is 0.702. The van der Waals surface area contributed by atoms with Crippen molar-refractivity contribution in [2.45, 2.75) is 6.54 Å². The van der Waals surface area contributed by atoms with E-state index in [1.165, 1.54) is 0 Å². The Labute approximate surface area is 158 Å². The van der Waals surface area contributed by atoms with Gasteiger partial charge >= 0.3 is 0 Å². The van der Waals surface area contributed by atoms with Crippen molar-refractivity contribution in [2.24, 2.45) is 0 Å². The van der Waals surface area contributed by atoms with E-state index in [0.717, 1.165) is 39.4 Å². The lowest BCUT2D eigenvalue weighted by Crippen LogP contribution is -2.16. The minimum absolute atomic E-state index is 0.702. The SMILES string of the molecule is COc1ccc(CN(c2ccccc2)c2ccc3occc3c2)cc1OC. The fourth-order valence-corrected chi connectivity index (χ4v) is 3.22. The molecule has 4 aromatic rings. The molecule has 0 aliphatic carbocycles. The molecule has 0 amide bonds. The van der Waals surface area contributed by atoms with Crippen molar-refractivity contribution in [3.8, 4) is 11.5 Å². The van der Waals surface area contributed by atoms with Crippen LogP contribution in [-0.4, -0.2) is 14.2 Å². The number of furan rings is 1. The molecule has 0 saturated heterocycles. The number of para-hydroxylation sites is 1. The van der Waals surface area contributed by atoms with Crippen molar-refractivity contribution >= 4 is 22.3 Å². The summed E-state index contributed by atoms with van der Waals surface area (Å²) < 4.78 is 16.3. The Morgan fingerprint density at radius 2 is 1.59 bits per heavy atom. The molecule has 0 unspecified atom stereocenters. The van der Waals surface area contributed by atoms with E-state index in [-0.39, 0.29) is 0 Å². The second-order valence-corrected chi connectivity index (χ2v) is 6.25. The van der Waals surface area contributed by atoms with E-state index in [0.29, 0.717) is 6.54 Å². The van der Waals surface area contributed by atoms with Gasteiger partial charge in [-0.25, -0.2) is 0 Å². The van der Waals surface area contributed by atoms with Gasteiger partial charge in [0.1, 0.15) is 5.58 Å². The zero-order valence-corrected chi connectivity index (χ0v) is 15.4. The third kappa shape index (κ3) is 3.47. The largest absolute Gasteiger partial charge is 0.493 e. The highest BCUT2D eigenvalue weighted by Gasteiger charge is 2.13. The molecule has 1 heterocycles. The Morgan fingerprint density at radius 3 is 2.37 bits per heavy atom. The topological polar surface area (TPSA) is 34.8 Å². The molecule has 0 atom stereocenters. The van der Waals surface area contributed by atoms with Crippen LogP contribution in [0.3, 0.4) is 0 Å². The van der Waals surface area contributed by atoms with Gasteiger partial charge in [-0.3, -0.25) is 0 Å². The predicted molar refractivity (Wildman–Crippen MR) is 108 cm³/mol. The molecule has 0 fully saturated rings. The predicted octanol–water partition coefficient (Wildman–Crippen LogP) is 5.79. The highest BCUT2D eigenvalue weighted by molar-refractivity contribution is 5.83. The number of methoxy groups -OCH3 is 2. The van der Waals surface area contributed by atoms with Crippen molar-refractivity contribution in [3.63, 3.8) is 0 Å². The van der Waals surface area contributed by atoms with Crippen LogP contribution in [0.4, 0.5) is 11.4 Å². The standard InChI is InChI=1S/C23H21NO3/c1-25-22-10-8-17(14-23(22)26-2)16-24(19-6-4-3-5-7-19)20-9-11-21-18(15-20)12-13-27-21/h3-15H,16H2,1-2H3. The molecule has 0 spiro atoms. The van der Waals surface area contributed by atoms with Gasteiger partial charge in [0.2, 0.25) is 0 Å². The molecular weight excluding hydrogens is 338 g/mol. The summed E-state index contributed by atoms with van der Waals surface area (Å²) >= 11 is 0. The number of rotatable bonds is 6. The lowest BCUT2D eigenvalue weighted by molar-refractivity contribution is 0.354. The molecule has 0 aliphatic heterocycles. The van der Waals surface area contributed by atoms with E-state index in [1.54, 1.807) is 20.5 Å². The van der Waals surface area contributed by atoms with Gasteiger partial charge in [0.25, 0.3) is 0 Å². The van der Waals surface area contributed by atoms with Crippen LogP contribution in [0.25, 0.3) is 11.0 Å². The summed E-state index contributed by atoms with van der Waals surface area (Å²) in [6.07, 6.45) is 1.72. The number of hydrogen-bond donors (Lipinski definition) is 0. The van der Waals surface area contributed by atoms with E-state index < -0.39 is 0 Å². The van der Waals surface area contributed by atoms with E-state index in [2.05, 4.69) is 35.2 Å². The molecular formula is C23H21NO3. The average molecular weight is 359 g/mol. The molecule has 136 valence electrons. The fraction of sp³-hybridized carbons (Fsp3) is 0.130. The maximum Gasteiger partial charge on any atom is 0.161 e. The van der Waals surface area contributed by atoms with E-state index in [4.69, 9.17) is 13.9 Å². The number of fused-ring (bicyclic) bond motifs is 1. The molecule has 1 aromatic heterocycles. The van der Waals surface area contributed by atoms with Crippen molar-refractivity contribution in [1.29, 1.82) is 0 Å². The molecule has 0 N–H and O–H groups in total. The summed E-state index contributed by atoms with van der Waals surface area (Å²) in [4.78, 5) is 2.27. The lowest BCUT2D eigenvalue weighted by atomic mass is 10.1. The summed E-state index contributed by atoms with van der Waals surface area (Å²) in [5, 5.41) is 1.08. The van der Waals surface area contributed by atoms with Crippen molar-refractivity contribution in [3.05, 3.63) is 84.6 Å². The molecule has 3 aromatic carbocycles. The Kier molecular flexibility index (Phi) is 4.71. The number of nitrogens with zero attached hydrogens (tertiary/aromatic N) is 1. The molecule has 0 aliphatic rings. The number of ether oxygens (including phenoxy) is 2. The van der Waals surface area contributed by atoms with Crippen LogP contribution < -0.4 is 14.4 Å². The quantitative estimate of drug-likeness (QED) is 0.436. The van der Waals surface area contributed by atoms with Crippen molar-refractivity contribution < 1.29 is 13.9 Å². The first-order valence-electron chi connectivity index (χ1n) is 8.79. The Morgan fingerprint density at radius 1 is 0.778 bits per heavy atom. The highest BCUT2D eigenvalue weighted by atomic mass is 16.5. The number of hydrogen-bond acceptors (Lipinski definition) is 4. The highest BCUT2D eigenvalue weighted by Crippen LogP contribution is 2.33. The van der Waals surface area contributed by atoms with Gasteiger partial charge < -0.3 is 18.8 Å². The van der Waals surface area contributed by atoms with Crippen LogP contribution in [0.5, 0.6) is 11.5 Å². The summed E-state index contributed by atoms with van der Waals surface area (Å²) in [5.41, 5.74) is 4.24. The number of anilines is 2. The second-order valence-electron chi connectivity index (χ2n) is 6.25. The number of benzene rings is 3.